The zero-order valence-corrected chi connectivity index (χ0v) is 15.8. The second-order valence-electron chi connectivity index (χ2n) is 8.45. The standard InChI is InChI=1S/C20H29NO4/c1-13-8-14(10-17(9-13)24-5)20(23)11-15-6-7-16(12-20)21(15)18(22)25-19(2,3)4/h8-10,15-16,23H,6-7,11-12H2,1-5H3. The van der Waals surface area contributed by atoms with E-state index >= 15 is 0 Å². The fourth-order valence-corrected chi connectivity index (χ4v) is 4.21. The number of piperidine rings is 1. The third kappa shape index (κ3) is 3.61. The van der Waals surface area contributed by atoms with Crippen LogP contribution in [0.1, 0.15) is 57.6 Å². The van der Waals surface area contributed by atoms with E-state index in [1.807, 2.05) is 50.8 Å². The smallest absolute Gasteiger partial charge is 0.410 e. The van der Waals surface area contributed by atoms with Crippen molar-refractivity contribution in [1.29, 1.82) is 0 Å². The minimum absolute atomic E-state index is 0.0186. The molecule has 2 aliphatic rings. The summed E-state index contributed by atoms with van der Waals surface area (Å²) in [4.78, 5) is 14.4. The van der Waals surface area contributed by atoms with Crippen molar-refractivity contribution in [1.82, 2.24) is 4.90 Å². The maximum Gasteiger partial charge on any atom is 0.410 e. The Labute approximate surface area is 149 Å². The lowest BCUT2D eigenvalue weighted by molar-refractivity contribution is -0.0625. The minimum Gasteiger partial charge on any atom is -0.497 e. The van der Waals surface area contributed by atoms with Gasteiger partial charge in [-0.3, -0.25) is 0 Å². The normalized spacial score (nSPS) is 28.8. The number of amides is 1. The van der Waals surface area contributed by atoms with Gasteiger partial charge in [0, 0.05) is 24.9 Å². The third-order valence-corrected chi connectivity index (χ3v) is 5.19. The van der Waals surface area contributed by atoms with Crippen LogP contribution in [0.2, 0.25) is 0 Å². The van der Waals surface area contributed by atoms with Crippen LogP contribution in [0.4, 0.5) is 4.79 Å². The molecular weight excluding hydrogens is 318 g/mol. The molecule has 138 valence electrons. The molecule has 25 heavy (non-hydrogen) atoms. The molecule has 1 N–H and O–H groups in total. The van der Waals surface area contributed by atoms with E-state index in [0.29, 0.717) is 12.8 Å². The van der Waals surface area contributed by atoms with E-state index < -0.39 is 11.2 Å². The molecule has 5 heteroatoms. The lowest BCUT2D eigenvalue weighted by Crippen LogP contribution is -2.53. The number of ether oxygens (including phenoxy) is 2. The highest BCUT2D eigenvalue weighted by atomic mass is 16.6. The van der Waals surface area contributed by atoms with Crippen molar-refractivity contribution in [2.75, 3.05) is 7.11 Å². The predicted molar refractivity (Wildman–Crippen MR) is 95.7 cm³/mol. The summed E-state index contributed by atoms with van der Waals surface area (Å²) < 4.78 is 10.9. The maximum atomic E-state index is 12.6. The number of benzene rings is 1. The first kappa shape index (κ1) is 18.1. The fraction of sp³-hybridized carbons (Fsp3) is 0.650. The summed E-state index contributed by atoms with van der Waals surface area (Å²) in [5.74, 6) is 0.755. The van der Waals surface area contributed by atoms with E-state index in [2.05, 4.69) is 0 Å². The number of aryl methyl sites for hydroxylation is 1. The largest absolute Gasteiger partial charge is 0.497 e. The number of nitrogens with zero attached hydrogens (tertiary/aromatic N) is 1. The molecule has 2 unspecified atom stereocenters. The number of methoxy groups -OCH3 is 1. The Morgan fingerprint density at radius 2 is 1.80 bits per heavy atom. The van der Waals surface area contributed by atoms with Crippen LogP contribution >= 0.6 is 0 Å². The second-order valence-corrected chi connectivity index (χ2v) is 8.45. The van der Waals surface area contributed by atoms with Gasteiger partial charge in [-0.1, -0.05) is 6.07 Å². The topological polar surface area (TPSA) is 59.0 Å². The molecule has 0 aliphatic carbocycles. The molecule has 2 bridgehead atoms. The van der Waals surface area contributed by atoms with Crippen LogP contribution in [0.15, 0.2) is 18.2 Å². The molecule has 3 rings (SSSR count). The number of hydrogen-bond acceptors (Lipinski definition) is 4. The summed E-state index contributed by atoms with van der Waals surface area (Å²) in [6, 6.07) is 5.92. The minimum atomic E-state index is -0.927. The second kappa shape index (κ2) is 6.20. The van der Waals surface area contributed by atoms with E-state index in [1.54, 1.807) is 7.11 Å². The van der Waals surface area contributed by atoms with E-state index in [1.165, 1.54) is 0 Å². The summed E-state index contributed by atoms with van der Waals surface area (Å²) in [5, 5.41) is 11.4. The fourth-order valence-electron chi connectivity index (χ4n) is 4.21. The van der Waals surface area contributed by atoms with Gasteiger partial charge in [-0.05, 0) is 63.8 Å². The predicted octanol–water partition coefficient (Wildman–Crippen LogP) is 3.75. The number of hydrogen-bond donors (Lipinski definition) is 1. The van der Waals surface area contributed by atoms with E-state index in [4.69, 9.17) is 9.47 Å². The van der Waals surface area contributed by atoms with Crippen molar-refractivity contribution in [2.24, 2.45) is 0 Å². The zero-order chi connectivity index (χ0) is 18.4. The van der Waals surface area contributed by atoms with Crippen molar-refractivity contribution < 1.29 is 19.4 Å². The van der Waals surface area contributed by atoms with Gasteiger partial charge in [0.25, 0.3) is 0 Å². The molecule has 0 radical (unpaired) electrons. The van der Waals surface area contributed by atoms with Gasteiger partial charge in [-0.2, -0.15) is 0 Å². The maximum absolute atomic E-state index is 12.6. The van der Waals surface area contributed by atoms with Crippen molar-refractivity contribution in [3.8, 4) is 5.75 Å². The van der Waals surface area contributed by atoms with Crippen molar-refractivity contribution in [3.05, 3.63) is 29.3 Å². The van der Waals surface area contributed by atoms with Crippen LogP contribution in [0, 0.1) is 6.92 Å². The summed E-state index contributed by atoms with van der Waals surface area (Å²) in [7, 11) is 1.64. The lowest BCUT2D eigenvalue weighted by Gasteiger charge is -2.44. The molecule has 1 aromatic carbocycles. The van der Waals surface area contributed by atoms with Gasteiger partial charge in [0.15, 0.2) is 0 Å². The van der Waals surface area contributed by atoms with Gasteiger partial charge in [-0.25, -0.2) is 4.79 Å². The highest BCUT2D eigenvalue weighted by Crippen LogP contribution is 2.46. The number of carbonyl (C=O) groups is 1. The summed E-state index contributed by atoms with van der Waals surface area (Å²) >= 11 is 0. The molecule has 1 aromatic rings. The average molecular weight is 347 g/mol. The van der Waals surface area contributed by atoms with Crippen LogP contribution in [-0.4, -0.2) is 40.9 Å². The van der Waals surface area contributed by atoms with Crippen LogP contribution in [0.3, 0.4) is 0 Å². The van der Waals surface area contributed by atoms with E-state index in [-0.39, 0.29) is 18.2 Å². The Balaban J connectivity index is 1.83. The van der Waals surface area contributed by atoms with Gasteiger partial charge in [0.2, 0.25) is 0 Å². The van der Waals surface area contributed by atoms with Crippen molar-refractivity contribution in [2.45, 2.75) is 76.7 Å². The van der Waals surface area contributed by atoms with Crippen LogP contribution in [-0.2, 0) is 10.3 Å². The first-order valence-electron chi connectivity index (χ1n) is 9.01. The number of carbonyl (C=O) groups excluding carboxylic acids is 1. The first-order valence-corrected chi connectivity index (χ1v) is 9.01. The Morgan fingerprint density at radius 1 is 1.20 bits per heavy atom. The summed E-state index contributed by atoms with van der Waals surface area (Å²) in [6.45, 7) is 7.64. The Bertz CT molecular complexity index is 650. The molecule has 0 spiro atoms. The molecule has 2 fully saturated rings. The molecule has 0 saturated carbocycles. The van der Waals surface area contributed by atoms with Gasteiger partial charge in [0.1, 0.15) is 11.4 Å². The lowest BCUT2D eigenvalue weighted by atomic mass is 9.80. The van der Waals surface area contributed by atoms with Crippen molar-refractivity contribution >= 4 is 6.09 Å². The van der Waals surface area contributed by atoms with Gasteiger partial charge < -0.3 is 19.5 Å². The molecule has 1 amide bonds. The number of fused-ring (bicyclic) bond motifs is 2. The highest BCUT2D eigenvalue weighted by Gasteiger charge is 2.51. The Morgan fingerprint density at radius 3 is 2.32 bits per heavy atom. The zero-order valence-electron chi connectivity index (χ0n) is 15.8. The highest BCUT2D eigenvalue weighted by molar-refractivity contribution is 5.70. The van der Waals surface area contributed by atoms with Gasteiger partial charge in [-0.15, -0.1) is 0 Å². The molecule has 2 saturated heterocycles. The van der Waals surface area contributed by atoms with E-state index in [0.717, 1.165) is 29.7 Å². The monoisotopic (exact) mass is 347 g/mol. The molecule has 2 aliphatic heterocycles. The average Bonchev–Trinajstić information content (AvgIpc) is 2.78. The van der Waals surface area contributed by atoms with Crippen LogP contribution in [0.5, 0.6) is 5.75 Å². The molecule has 5 nitrogen and oxygen atoms in total. The quantitative estimate of drug-likeness (QED) is 0.885. The van der Waals surface area contributed by atoms with Gasteiger partial charge >= 0.3 is 6.09 Å². The molecule has 2 atom stereocenters. The number of rotatable bonds is 2. The van der Waals surface area contributed by atoms with E-state index in [9.17, 15) is 9.90 Å². The SMILES string of the molecule is COc1cc(C)cc(C2(O)CC3CCC(C2)N3C(=O)OC(C)(C)C)c1. The van der Waals surface area contributed by atoms with Crippen LogP contribution in [0.25, 0.3) is 0 Å². The molecule has 2 heterocycles. The Hall–Kier alpha value is -1.75. The summed E-state index contributed by atoms with van der Waals surface area (Å²) in [5.41, 5.74) is 0.507. The number of aliphatic hydroxyl groups is 1. The van der Waals surface area contributed by atoms with Crippen molar-refractivity contribution in [3.63, 3.8) is 0 Å². The summed E-state index contributed by atoms with van der Waals surface area (Å²) in [6.07, 6.45) is 2.64. The third-order valence-electron chi connectivity index (χ3n) is 5.19. The first-order chi connectivity index (χ1) is 11.6. The molecular formula is C20H29NO4. The van der Waals surface area contributed by atoms with Crippen LogP contribution < -0.4 is 4.74 Å². The van der Waals surface area contributed by atoms with Gasteiger partial charge in [0.05, 0.1) is 12.7 Å². The Kier molecular flexibility index (Phi) is 4.48. The molecule has 0 aromatic heterocycles.